The molecular formula is C32H22ClF5N4O3. The number of halogens is 6. The van der Waals surface area contributed by atoms with Gasteiger partial charge in [0.2, 0.25) is 0 Å². The Hall–Kier alpha value is -5.10. The van der Waals surface area contributed by atoms with Gasteiger partial charge in [0, 0.05) is 30.3 Å². The number of nitrogens with zero attached hydrogens (tertiary/aromatic N) is 2. The Morgan fingerprint density at radius 3 is 1.93 bits per heavy atom. The summed E-state index contributed by atoms with van der Waals surface area (Å²) >= 11 is 6.49. The van der Waals surface area contributed by atoms with E-state index in [2.05, 4.69) is 15.7 Å². The fraction of sp³-hybridized carbons (Fsp3) is 0.125. The summed E-state index contributed by atoms with van der Waals surface area (Å²) in [6, 6.07) is 20.5. The summed E-state index contributed by atoms with van der Waals surface area (Å²) in [5.74, 6) is -1.11. The van der Waals surface area contributed by atoms with Gasteiger partial charge in [0.25, 0.3) is 5.91 Å². The zero-order chi connectivity index (χ0) is 31.7. The summed E-state index contributed by atoms with van der Waals surface area (Å²) < 4.78 is 81.7. The van der Waals surface area contributed by atoms with Crippen molar-refractivity contribution in [2.45, 2.75) is 24.7 Å². The van der Waals surface area contributed by atoms with Crippen LogP contribution in [0.3, 0.4) is 0 Å². The SMILES string of the molecule is O=C(Nc1cc(Oc2ccc(F)cc2)cc(Oc2ccc(F)cc2)c1)c1nn2c(c1Cl)N[C@H](c1ccccc1)C[C@H]2C(F)(F)F. The van der Waals surface area contributed by atoms with Crippen LogP contribution >= 0.6 is 11.6 Å². The second-order valence-electron chi connectivity index (χ2n) is 10.1. The van der Waals surface area contributed by atoms with Crippen molar-refractivity contribution in [2.75, 3.05) is 10.6 Å². The molecule has 0 unspecified atom stereocenters. The zero-order valence-corrected chi connectivity index (χ0v) is 23.7. The number of rotatable bonds is 7. The Kier molecular flexibility index (Phi) is 8.07. The number of ether oxygens (including phenoxy) is 2. The molecule has 0 aliphatic carbocycles. The minimum Gasteiger partial charge on any atom is -0.457 e. The lowest BCUT2D eigenvalue weighted by atomic mass is 9.97. The molecule has 7 nitrogen and oxygen atoms in total. The molecule has 45 heavy (non-hydrogen) atoms. The number of fused-ring (bicyclic) bond motifs is 1. The number of hydrogen-bond acceptors (Lipinski definition) is 5. The lowest BCUT2D eigenvalue weighted by Crippen LogP contribution is -2.35. The fourth-order valence-electron chi connectivity index (χ4n) is 4.87. The summed E-state index contributed by atoms with van der Waals surface area (Å²) in [5.41, 5.74) is 0.294. The van der Waals surface area contributed by atoms with E-state index in [-0.39, 0.29) is 45.9 Å². The van der Waals surface area contributed by atoms with Gasteiger partial charge in [-0.25, -0.2) is 13.5 Å². The molecule has 0 radical (unpaired) electrons. The van der Waals surface area contributed by atoms with Crippen LogP contribution in [-0.4, -0.2) is 21.9 Å². The van der Waals surface area contributed by atoms with Crippen molar-refractivity contribution in [1.29, 1.82) is 0 Å². The summed E-state index contributed by atoms with van der Waals surface area (Å²) in [4.78, 5) is 13.4. The van der Waals surface area contributed by atoms with Crippen molar-refractivity contribution in [3.05, 3.63) is 125 Å². The number of carbonyl (C=O) groups excluding carboxylic acids is 1. The standard InChI is InChI=1S/C32H22ClF5N4O3/c33-28-29(41-42-27(32(36,37)38)17-26(40-30(28)42)18-4-2-1-3-5-18)31(43)39-21-14-24(44-22-10-6-19(34)7-11-22)16-25(15-21)45-23-12-8-20(35)9-13-23/h1-16,26-27,40H,17H2,(H,39,43)/t26-,27-/m0/s1. The third-order valence-electron chi connectivity index (χ3n) is 6.95. The fourth-order valence-corrected chi connectivity index (χ4v) is 5.13. The molecule has 2 atom stereocenters. The van der Waals surface area contributed by atoms with E-state index < -0.39 is 41.5 Å². The molecule has 2 heterocycles. The van der Waals surface area contributed by atoms with Crippen LogP contribution in [0.25, 0.3) is 0 Å². The molecule has 0 fully saturated rings. The molecule has 5 aromatic rings. The molecule has 1 aromatic heterocycles. The van der Waals surface area contributed by atoms with Gasteiger partial charge in [-0.15, -0.1) is 0 Å². The van der Waals surface area contributed by atoms with Crippen LogP contribution in [0.2, 0.25) is 5.02 Å². The molecule has 4 aromatic carbocycles. The van der Waals surface area contributed by atoms with Crippen molar-refractivity contribution in [2.24, 2.45) is 0 Å². The minimum absolute atomic E-state index is 0.112. The summed E-state index contributed by atoms with van der Waals surface area (Å²) in [6.45, 7) is 0. The van der Waals surface area contributed by atoms with E-state index in [1.807, 2.05) is 0 Å². The number of amides is 1. The van der Waals surface area contributed by atoms with Crippen LogP contribution in [0, 0.1) is 11.6 Å². The van der Waals surface area contributed by atoms with Crippen LogP contribution in [0.4, 0.5) is 33.5 Å². The zero-order valence-electron chi connectivity index (χ0n) is 23.0. The van der Waals surface area contributed by atoms with E-state index in [9.17, 15) is 26.7 Å². The number of aromatic nitrogens is 2. The van der Waals surface area contributed by atoms with E-state index in [4.69, 9.17) is 21.1 Å². The molecule has 1 aliphatic rings. The predicted molar refractivity (Wildman–Crippen MR) is 157 cm³/mol. The lowest BCUT2D eigenvalue weighted by Gasteiger charge is -2.33. The molecule has 13 heteroatoms. The van der Waals surface area contributed by atoms with E-state index in [0.717, 1.165) is 0 Å². The van der Waals surface area contributed by atoms with Gasteiger partial charge >= 0.3 is 6.18 Å². The van der Waals surface area contributed by atoms with Gasteiger partial charge < -0.3 is 20.1 Å². The van der Waals surface area contributed by atoms with E-state index in [1.165, 1.54) is 66.7 Å². The highest BCUT2D eigenvalue weighted by molar-refractivity contribution is 6.36. The molecule has 0 bridgehead atoms. The molecule has 230 valence electrons. The number of alkyl halides is 3. The maximum Gasteiger partial charge on any atom is 0.410 e. The smallest absolute Gasteiger partial charge is 0.410 e. The quantitative estimate of drug-likeness (QED) is 0.173. The highest BCUT2D eigenvalue weighted by Gasteiger charge is 2.47. The lowest BCUT2D eigenvalue weighted by molar-refractivity contribution is -0.173. The monoisotopic (exact) mass is 640 g/mol. The summed E-state index contributed by atoms with van der Waals surface area (Å²) in [7, 11) is 0. The predicted octanol–water partition coefficient (Wildman–Crippen LogP) is 9.31. The van der Waals surface area contributed by atoms with Crippen LogP contribution in [0.5, 0.6) is 23.0 Å². The highest BCUT2D eigenvalue weighted by Crippen LogP contribution is 2.46. The Morgan fingerprint density at radius 2 is 1.40 bits per heavy atom. The number of nitrogens with one attached hydrogen (secondary N) is 2. The number of anilines is 2. The average molecular weight is 641 g/mol. The van der Waals surface area contributed by atoms with Gasteiger partial charge in [0.05, 0.1) is 6.04 Å². The topological polar surface area (TPSA) is 77.4 Å². The van der Waals surface area contributed by atoms with E-state index in [1.54, 1.807) is 30.3 Å². The van der Waals surface area contributed by atoms with Crippen molar-refractivity contribution in [1.82, 2.24) is 9.78 Å². The normalized spacial score (nSPS) is 16.0. The van der Waals surface area contributed by atoms with Crippen molar-refractivity contribution in [3.63, 3.8) is 0 Å². The first-order valence-corrected chi connectivity index (χ1v) is 13.9. The van der Waals surface area contributed by atoms with Crippen molar-refractivity contribution in [3.8, 4) is 23.0 Å². The Balaban J connectivity index is 1.31. The van der Waals surface area contributed by atoms with Crippen LogP contribution in [0.15, 0.2) is 97.1 Å². The van der Waals surface area contributed by atoms with Crippen molar-refractivity contribution >= 4 is 29.0 Å². The maximum atomic E-state index is 14.2. The second-order valence-corrected chi connectivity index (χ2v) is 10.5. The third kappa shape index (κ3) is 6.70. The molecule has 2 N–H and O–H groups in total. The van der Waals surface area contributed by atoms with Gasteiger partial charge in [-0.3, -0.25) is 4.79 Å². The molecule has 0 saturated carbocycles. The maximum absolute atomic E-state index is 14.2. The number of hydrogen-bond donors (Lipinski definition) is 2. The Morgan fingerprint density at radius 1 is 0.844 bits per heavy atom. The van der Waals surface area contributed by atoms with E-state index >= 15 is 0 Å². The molecular weight excluding hydrogens is 619 g/mol. The molecule has 6 rings (SSSR count). The third-order valence-corrected chi connectivity index (χ3v) is 7.31. The van der Waals surface area contributed by atoms with Crippen LogP contribution in [0.1, 0.15) is 34.6 Å². The van der Waals surface area contributed by atoms with Crippen molar-refractivity contribution < 1.29 is 36.2 Å². The van der Waals surface area contributed by atoms with Gasteiger partial charge in [-0.05, 0) is 54.1 Å². The Bertz CT molecular complexity index is 1770. The first-order valence-electron chi connectivity index (χ1n) is 13.5. The van der Waals surface area contributed by atoms with E-state index in [0.29, 0.717) is 10.2 Å². The van der Waals surface area contributed by atoms with Gasteiger partial charge in [-0.1, -0.05) is 41.9 Å². The summed E-state index contributed by atoms with van der Waals surface area (Å²) in [5, 5.41) is 9.27. The van der Waals surface area contributed by atoms with Gasteiger partial charge in [-0.2, -0.15) is 18.3 Å². The van der Waals surface area contributed by atoms with Gasteiger partial charge in [0.15, 0.2) is 11.7 Å². The summed E-state index contributed by atoms with van der Waals surface area (Å²) in [6.07, 6.45) is -5.04. The number of benzene rings is 4. The van der Waals surface area contributed by atoms with Crippen LogP contribution in [-0.2, 0) is 0 Å². The molecule has 1 aliphatic heterocycles. The highest BCUT2D eigenvalue weighted by atomic mass is 35.5. The van der Waals surface area contributed by atoms with Gasteiger partial charge in [0.1, 0.15) is 45.5 Å². The molecule has 0 saturated heterocycles. The average Bonchev–Trinajstić information content (AvgIpc) is 3.35. The molecule has 1 amide bonds. The Labute approximate surface area is 258 Å². The first-order chi connectivity index (χ1) is 21.5. The van der Waals surface area contributed by atoms with Crippen LogP contribution < -0.4 is 20.1 Å². The second kappa shape index (κ2) is 12.1. The number of carbonyl (C=O) groups is 1. The largest absolute Gasteiger partial charge is 0.457 e. The minimum atomic E-state index is -4.68. The first kappa shape index (κ1) is 29.9. The molecule has 0 spiro atoms.